The van der Waals surface area contributed by atoms with E-state index in [1.807, 2.05) is 0 Å². The lowest BCUT2D eigenvalue weighted by Crippen LogP contribution is -2.39. The molecule has 2 aromatic heterocycles. The first-order valence-corrected chi connectivity index (χ1v) is 10.9. The lowest BCUT2D eigenvalue weighted by Gasteiger charge is -2.13. The lowest BCUT2D eigenvalue weighted by atomic mass is 10.1. The van der Waals surface area contributed by atoms with Gasteiger partial charge in [-0.05, 0) is 37.0 Å². The van der Waals surface area contributed by atoms with Gasteiger partial charge in [-0.2, -0.15) is 4.98 Å². The van der Waals surface area contributed by atoms with Gasteiger partial charge < -0.3 is 14.6 Å². The summed E-state index contributed by atoms with van der Waals surface area (Å²) in [5.41, 5.74) is 0.342. The molecule has 2 atom stereocenters. The van der Waals surface area contributed by atoms with Crippen LogP contribution >= 0.6 is 23.2 Å². The third-order valence-corrected chi connectivity index (χ3v) is 6.72. The molecule has 0 aliphatic heterocycles. The molecule has 1 saturated carbocycles. The molecule has 9 nitrogen and oxygen atoms in total. The molecule has 1 aliphatic carbocycles. The Hall–Kier alpha value is -2.78. The Morgan fingerprint density at radius 3 is 2.62 bits per heavy atom. The third kappa shape index (κ3) is 3.91. The molecule has 1 N–H and O–H groups in total. The largest absolute Gasteiger partial charge is 0.469 e. The quantitative estimate of drug-likeness (QED) is 0.564. The number of carbonyl (C=O) groups is 1. The van der Waals surface area contributed by atoms with Crippen LogP contribution in [0.25, 0.3) is 11.2 Å². The molecule has 0 bridgehead atoms. The Bertz CT molecular complexity index is 1330. The average Bonchev–Trinajstić information content (AvgIpc) is 3.37. The van der Waals surface area contributed by atoms with Crippen molar-refractivity contribution in [2.75, 3.05) is 12.4 Å². The summed E-state index contributed by atoms with van der Waals surface area (Å²) in [6.45, 7) is 0.0513. The SMILES string of the molecule is COC(=O)[C@@H]1CC[C@H](Nc2nc3c(c(=O)n(Cc4ccc(Cl)c(Cl)c4)c(=O)n3C)n2C)C1. The van der Waals surface area contributed by atoms with E-state index in [-0.39, 0.29) is 30.1 Å². The minimum atomic E-state index is -0.482. The van der Waals surface area contributed by atoms with Gasteiger partial charge in [-0.15, -0.1) is 0 Å². The number of methoxy groups -OCH3 is 1. The Morgan fingerprint density at radius 1 is 1.19 bits per heavy atom. The monoisotopic (exact) mass is 479 g/mol. The predicted octanol–water partition coefficient (Wildman–Crippen LogP) is 2.54. The molecule has 1 fully saturated rings. The van der Waals surface area contributed by atoms with Crippen LogP contribution in [0.15, 0.2) is 27.8 Å². The van der Waals surface area contributed by atoms with Crippen LogP contribution in [0.3, 0.4) is 0 Å². The van der Waals surface area contributed by atoms with Gasteiger partial charge in [-0.25, -0.2) is 4.79 Å². The van der Waals surface area contributed by atoms with E-state index < -0.39 is 11.2 Å². The molecular weight excluding hydrogens is 457 g/mol. The number of hydrogen-bond acceptors (Lipinski definition) is 6. The maximum atomic E-state index is 13.3. The number of imidazole rings is 1. The van der Waals surface area contributed by atoms with Gasteiger partial charge in [0.1, 0.15) is 0 Å². The van der Waals surface area contributed by atoms with E-state index in [2.05, 4.69) is 10.3 Å². The van der Waals surface area contributed by atoms with Gasteiger partial charge in [0.15, 0.2) is 11.2 Å². The zero-order chi connectivity index (χ0) is 23.2. The number of anilines is 1. The number of aryl methyl sites for hydroxylation is 2. The molecule has 0 radical (unpaired) electrons. The smallest absolute Gasteiger partial charge is 0.332 e. The van der Waals surface area contributed by atoms with E-state index in [0.717, 1.165) is 17.4 Å². The van der Waals surface area contributed by atoms with Crippen molar-refractivity contribution in [1.29, 1.82) is 0 Å². The van der Waals surface area contributed by atoms with Crippen LogP contribution in [0.1, 0.15) is 24.8 Å². The van der Waals surface area contributed by atoms with Gasteiger partial charge in [0.2, 0.25) is 5.95 Å². The highest BCUT2D eigenvalue weighted by atomic mass is 35.5. The highest BCUT2D eigenvalue weighted by Crippen LogP contribution is 2.29. The molecule has 2 heterocycles. The summed E-state index contributed by atoms with van der Waals surface area (Å²) in [5, 5.41) is 4.06. The molecule has 170 valence electrons. The van der Waals surface area contributed by atoms with Crippen LogP contribution in [0, 0.1) is 5.92 Å². The first-order chi connectivity index (χ1) is 15.2. The molecule has 0 unspecified atom stereocenters. The van der Waals surface area contributed by atoms with Gasteiger partial charge >= 0.3 is 11.7 Å². The van der Waals surface area contributed by atoms with Crippen LogP contribution in [0.2, 0.25) is 10.0 Å². The van der Waals surface area contributed by atoms with E-state index in [9.17, 15) is 14.4 Å². The second kappa shape index (κ2) is 8.63. The number of aromatic nitrogens is 4. The number of nitrogens with zero attached hydrogens (tertiary/aromatic N) is 4. The second-order valence-electron chi connectivity index (χ2n) is 8.02. The van der Waals surface area contributed by atoms with Crippen LogP contribution in [0.4, 0.5) is 5.95 Å². The normalized spacial score (nSPS) is 18.3. The molecule has 3 aromatic rings. The maximum absolute atomic E-state index is 13.3. The van der Waals surface area contributed by atoms with E-state index in [4.69, 9.17) is 27.9 Å². The van der Waals surface area contributed by atoms with Gasteiger partial charge in [-0.1, -0.05) is 29.3 Å². The summed E-state index contributed by atoms with van der Waals surface area (Å²) in [6.07, 6.45) is 2.13. The molecule has 4 rings (SSSR count). The number of halogens is 2. The van der Waals surface area contributed by atoms with E-state index in [1.165, 1.54) is 11.7 Å². The summed E-state index contributed by atoms with van der Waals surface area (Å²) < 4.78 is 8.99. The summed E-state index contributed by atoms with van der Waals surface area (Å²) >= 11 is 12.0. The summed E-state index contributed by atoms with van der Waals surface area (Å²) in [4.78, 5) is 42.5. The number of ether oxygens (including phenoxy) is 1. The zero-order valence-electron chi connectivity index (χ0n) is 17.9. The van der Waals surface area contributed by atoms with Crippen molar-refractivity contribution in [2.45, 2.75) is 31.8 Å². The van der Waals surface area contributed by atoms with Crippen LogP contribution in [-0.4, -0.2) is 37.8 Å². The second-order valence-corrected chi connectivity index (χ2v) is 8.84. The summed E-state index contributed by atoms with van der Waals surface area (Å²) in [6, 6.07) is 5.00. The molecular formula is C21H23Cl2N5O4. The zero-order valence-corrected chi connectivity index (χ0v) is 19.4. The van der Waals surface area contributed by atoms with Crippen LogP contribution < -0.4 is 16.6 Å². The number of nitrogens with one attached hydrogen (secondary N) is 1. The Morgan fingerprint density at radius 2 is 1.94 bits per heavy atom. The number of carbonyl (C=O) groups excluding carboxylic acids is 1. The molecule has 32 heavy (non-hydrogen) atoms. The number of fused-ring (bicyclic) bond motifs is 1. The fraction of sp³-hybridized carbons (Fsp3) is 0.429. The molecule has 0 amide bonds. The van der Waals surface area contributed by atoms with E-state index in [0.29, 0.717) is 33.5 Å². The third-order valence-electron chi connectivity index (χ3n) is 5.99. The van der Waals surface area contributed by atoms with Crippen molar-refractivity contribution in [3.63, 3.8) is 0 Å². The number of benzene rings is 1. The minimum Gasteiger partial charge on any atom is -0.469 e. The highest BCUT2D eigenvalue weighted by molar-refractivity contribution is 6.42. The Balaban J connectivity index is 1.70. The maximum Gasteiger partial charge on any atom is 0.332 e. The van der Waals surface area contributed by atoms with Crippen molar-refractivity contribution in [3.8, 4) is 0 Å². The van der Waals surface area contributed by atoms with Crippen molar-refractivity contribution in [2.24, 2.45) is 20.0 Å². The topological polar surface area (TPSA) is 100 Å². The molecule has 0 saturated heterocycles. The Labute approximate surface area is 193 Å². The van der Waals surface area contributed by atoms with Gasteiger partial charge in [0.05, 0.1) is 29.6 Å². The molecule has 1 aliphatic rings. The van der Waals surface area contributed by atoms with Crippen LogP contribution in [0.5, 0.6) is 0 Å². The fourth-order valence-electron chi connectivity index (χ4n) is 4.21. The molecule has 1 aromatic carbocycles. The summed E-state index contributed by atoms with van der Waals surface area (Å²) in [5.74, 6) is 0.0988. The van der Waals surface area contributed by atoms with Crippen molar-refractivity contribution in [3.05, 3.63) is 54.6 Å². The van der Waals surface area contributed by atoms with Gasteiger partial charge in [0.25, 0.3) is 5.56 Å². The predicted molar refractivity (Wildman–Crippen MR) is 123 cm³/mol. The first-order valence-electron chi connectivity index (χ1n) is 10.2. The molecule has 11 heteroatoms. The average molecular weight is 480 g/mol. The first kappa shape index (κ1) is 22.4. The molecule has 0 spiro atoms. The standard InChI is InChI=1S/C21H23Cl2N5O4/c1-26-16-17(25-20(26)24-13-6-5-12(9-13)19(30)32-3)27(2)21(31)28(18(16)29)10-11-4-7-14(22)15(23)8-11/h4,7-8,12-13H,5-6,9-10H2,1-3H3,(H,24,25)/t12-,13+/m1/s1. The Kier molecular flexibility index (Phi) is 6.05. The van der Waals surface area contributed by atoms with E-state index >= 15 is 0 Å². The lowest BCUT2D eigenvalue weighted by molar-refractivity contribution is -0.145. The van der Waals surface area contributed by atoms with Crippen molar-refractivity contribution < 1.29 is 9.53 Å². The van der Waals surface area contributed by atoms with E-state index in [1.54, 1.807) is 36.9 Å². The number of hydrogen-bond donors (Lipinski definition) is 1. The summed E-state index contributed by atoms with van der Waals surface area (Å²) in [7, 11) is 4.69. The number of rotatable bonds is 5. The van der Waals surface area contributed by atoms with Gasteiger partial charge in [0, 0.05) is 20.1 Å². The van der Waals surface area contributed by atoms with Crippen molar-refractivity contribution >= 4 is 46.3 Å². The highest BCUT2D eigenvalue weighted by Gasteiger charge is 2.31. The fourth-order valence-corrected chi connectivity index (χ4v) is 4.53. The van der Waals surface area contributed by atoms with Crippen LogP contribution in [-0.2, 0) is 30.2 Å². The number of esters is 1. The van der Waals surface area contributed by atoms with Crippen molar-refractivity contribution in [1.82, 2.24) is 18.7 Å². The van der Waals surface area contributed by atoms with Gasteiger partial charge in [-0.3, -0.25) is 18.7 Å². The minimum absolute atomic E-state index is 0.0186.